The highest BCUT2D eigenvalue weighted by atomic mass is 32.2. The normalized spacial score (nSPS) is 17.3. The minimum Gasteiger partial charge on any atom is -0.493 e. The fourth-order valence-electron chi connectivity index (χ4n) is 1.72. The van der Waals surface area contributed by atoms with Crippen molar-refractivity contribution in [2.45, 2.75) is 13.0 Å². The fraction of sp³-hybridized carbons (Fsp3) is 0.214. The quantitative estimate of drug-likeness (QED) is 0.627. The van der Waals surface area contributed by atoms with Crippen molar-refractivity contribution >= 4 is 46.3 Å². The van der Waals surface area contributed by atoms with E-state index in [0.717, 1.165) is 11.8 Å². The average molecular weight is 339 g/mol. The summed E-state index contributed by atoms with van der Waals surface area (Å²) in [7, 11) is 1.46. The number of benzene rings is 1. The molecule has 0 radical (unpaired) electrons. The van der Waals surface area contributed by atoms with Crippen molar-refractivity contribution in [1.82, 2.24) is 5.32 Å². The van der Waals surface area contributed by atoms with Crippen LogP contribution in [0.5, 0.6) is 11.5 Å². The number of thioether (sulfide) groups is 1. The smallest absolute Gasteiger partial charge is 0.344 e. The molecule has 0 saturated carbocycles. The van der Waals surface area contributed by atoms with Crippen molar-refractivity contribution in [2.24, 2.45) is 0 Å². The third kappa shape index (κ3) is 3.58. The zero-order valence-electron chi connectivity index (χ0n) is 11.8. The van der Waals surface area contributed by atoms with Gasteiger partial charge in [0.05, 0.1) is 12.0 Å². The molecule has 0 unspecified atom stereocenters. The minimum absolute atomic E-state index is 0.263. The van der Waals surface area contributed by atoms with E-state index in [9.17, 15) is 9.59 Å². The standard InChI is InChI=1S/C14H13NO5S2/c1-7(13(17)18)20-11-8(4-3-5-9(11)19-2)6-10-12(16)15-14(21)22-10/h3-7H,1-2H3,(H,17,18)(H,15,16,21)/b10-6+/t7-/m0/s1. The second-order valence-electron chi connectivity index (χ2n) is 4.33. The molecule has 0 aromatic heterocycles. The van der Waals surface area contributed by atoms with Gasteiger partial charge < -0.3 is 19.9 Å². The van der Waals surface area contributed by atoms with Crippen LogP contribution in [0.4, 0.5) is 0 Å². The van der Waals surface area contributed by atoms with E-state index < -0.39 is 12.1 Å². The molecule has 0 bridgehead atoms. The topological polar surface area (TPSA) is 84.9 Å². The summed E-state index contributed by atoms with van der Waals surface area (Å²) < 4.78 is 11.0. The van der Waals surface area contributed by atoms with Crippen LogP contribution >= 0.6 is 24.0 Å². The molecule has 1 saturated heterocycles. The summed E-state index contributed by atoms with van der Waals surface area (Å²) in [6, 6.07) is 5.08. The van der Waals surface area contributed by atoms with Crippen LogP contribution in [0.2, 0.25) is 0 Å². The molecular formula is C14H13NO5S2. The Kier molecular flexibility index (Phi) is 5.04. The van der Waals surface area contributed by atoms with Crippen LogP contribution in [0, 0.1) is 0 Å². The summed E-state index contributed by atoms with van der Waals surface area (Å²) in [5.74, 6) is -0.749. The molecule has 8 heteroatoms. The van der Waals surface area contributed by atoms with Crippen LogP contribution in [0.25, 0.3) is 6.08 Å². The van der Waals surface area contributed by atoms with E-state index in [1.165, 1.54) is 14.0 Å². The Hall–Kier alpha value is -2.06. The van der Waals surface area contributed by atoms with Gasteiger partial charge in [-0.2, -0.15) is 0 Å². The lowest BCUT2D eigenvalue weighted by Gasteiger charge is -2.16. The molecular weight excluding hydrogens is 326 g/mol. The van der Waals surface area contributed by atoms with Gasteiger partial charge in [-0.15, -0.1) is 0 Å². The number of amides is 1. The summed E-state index contributed by atoms with van der Waals surface area (Å²) in [6.07, 6.45) is 0.533. The number of ether oxygens (including phenoxy) is 2. The first kappa shape index (κ1) is 16.3. The number of para-hydroxylation sites is 1. The number of carbonyl (C=O) groups is 2. The Morgan fingerprint density at radius 2 is 2.23 bits per heavy atom. The van der Waals surface area contributed by atoms with Crippen LogP contribution in [-0.2, 0) is 9.59 Å². The number of hydrogen-bond acceptors (Lipinski definition) is 6. The third-order valence-electron chi connectivity index (χ3n) is 2.80. The number of hydrogen-bond donors (Lipinski definition) is 2. The average Bonchev–Trinajstić information content (AvgIpc) is 2.78. The van der Waals surface area contributed by atoms with Gasteiger partial charge in [0.25, 0.3) is 5.91 Å². The van der Waals surface area contributed by atoms with Gasteiger partial charge in [-0.1, -0.05) is 36.1 Å². The predicted octanol–water partition coefficient (Wildman–Crippen LogP) is 2.04. The van der Waals surface area contributed by atoms with Gasteiger partial charge in [-0.25, -0.2) is 4.79 Å². The molecule has 0 spiro atoms. The second-order valence-corrected chi connectivity index (χ2v) is 6.05. The van der Waals surface area contributed by atoms with E-state index in [4.69, 9.17) is 26.8 Å². The predicted molar refractivity (Wildman–Crippen MR) is 87.0 cm³/mol. The van der Waals surface area contributed by atoms with E-state index in [-0.39, 0.29) is 11.7 Å². The first-order chi connectivity index (χ1) is 10.4. The van der Waals surface area contributed by atoms with E-state index >= 15 is 0 Å². The lowest BCUT2D eigenvalue weighted by atomic mass is 10.1. The van der Waals surface area contributed by atoms with E-state index in [2.05, 4.69) is 5.32 Å². The number of carboxylic acids is 1. The van der Waals surface area contributed by atoms with Gasteiger partial charge in [-0.3, -0.25) is 4.79 Å². The fourth-order valence-corrected chi connectivity index (χ4v) is 2.76. The zero-order valence-corrected chi connectivity index (χ0v) is 13.4. The lowest BCUT2D eigenvalue weighted by molar-refractivity contribution is -0.144. The van der Waals surface area contributed by atoms with Gasteiger partial charge in [0, 0.05) is 5.56 Å². The molecule has 1 aliphatic heterocycles. The number of methoxy groups -OCH3 is 1. The van der Waals surface area contributed by atoms with E-state index in [1.807, 2.05) is 0 Å². The molecule has 116 valence electrons. The zero-order chi connectivity index (χ0) is 16.3. The van der Waals surface area contributed by atoms with Crippen molar-refractivity contribution in [1.29, 1.82) is 0 Å². The summed E-state index contributed by atoms with van der Waals surface area (Å²) in [6.45, 7) is 1.41. The van der Waals surface area contributed by atoms with Gasteiger partial charge in [-0.05, 0) is 19.1 Å². The van der Waals surface area contributed by atoms with E-state index in [0.29, 0.717) is 20.5 Å². The molecule has 1 heterocycles. The highest BCUT2D eigenvalue weighted by molar-refractivity contribution is 8.26. The Morgan fingerprint density at radius 1 is 1.50 bits per heavy atom. The Labute approximate surface area is 136 Å². The maximum absolute atomic E-state index is 11.7. The van der Waals surface area contributed by atoms with Crippen molar-refractivity contribution in [3.05, 3.63) is 28.7 Å². The van der Waals surface area contributed by atoms with Gasteiger partial charge in [0.1, 0.15) is 4.32 Å². The van der Waals surface area contributed by atoms with Crippen molar-refractivity contribution in [3.63, 3.8) is 0 Å². The molecule has 6 nitrogen and oxygen atoms in total. The highest BCUT2D eigenvalue weighted by Crippen LogP contribution is 2.35. The Bertz CT molecular complexity index is 671. The number of nitrogens with one attached hydrogen (secondary N) is 1. The van der Waals surface area contributed by atoms with Gasteiger partial charge >= 0.3 is 5.97 Å². The van der Waals surface area contributed by atoms with Crippen LogP contribution < -0.4 is 14.8 Å². The molecule has 1 atom stereocenters. The van der Waals surface area contributed by atoms with Crippen molar-refractivity contribution in [3.8, 4) is 11.5 Å². The van der Waals surface area contributed by atoms with Gasteiger partial charge in [0.15, 0.2) is 17.6 Å². The maximum atomic E-state index is 11.7. The van der Waals surface area contributed by atoms with Gasteiger partial charge in [0.2, 0.25) is 0 Å². The first-order valence-corrected chi connectivity index (χ1v) is 7.46. The number of carboxylic acid groups (broad SMARTS) is 1. The molecule has 1 aromatic rings. The monoisotopic (exact) mass is 339 g/mol. The summed E-state index contributed by atoms with van der Waals surface area (Å²) in [5, 5.41) is 11.5. The molecule has 2 N–H and O–H groups in total. The lowest BCUT2D eigenvalue weighted by Crippen LogP contribution is -2.23. The maximum Gasteiger partial charge on any atom is 0.344 e. The molecule has 2 rings (SSSR count). The Morgan fingerprint density at radius 3 is 2.77 bits per heavy atom. The number of aliphatic carboxylic acids is 1. The van der Waals surface area contributed by atoms with Crippen LogP contribution in [0.3, 0.4) is 0 Å². The highest BCUT2D eigenvalue weighted by Gasteiger charge is 2.24. The second kappa shape index (κ2) is 6.80. The molecule has 0 aliphatic carbocycles. The van der Waals surface area contributed by atoms with E-state index in [1.54, 1.807) is 24.3 Å². The van der Waals surface area contributed by atoms with Crippen LogP contribution in [0.1, 0.15) is 12.5 Å². The van der Waals surface area contributed by atoms with Crippen LogP contribution in [-0.4, -0.2) is 34.5 Å². The number of carbonyl (C=O) groups excluding carboxylic acids is 1. The summed E-state index contributed by atoms with van der Waals surface area (Å²) >= 11 is 6.07. The molecule has 1 fully saturated rings. The molecule has 1 aromatic carbocycles. The van der Waals surface area contributed by atoms with Crippen molar-refractivity contribution in [2.75, 3.05) is 7.11 Å². The largest absolute Gasteiger partial charge is 0.493 e. The van der Waals surface area contributed by atoms with Crippen molar-refractivity contribution < 1.29 is 24.2 Å². The molecule has 22 heavy (non-hydrogen) atoms. The summed E-state index contributed by atoms with van der Waals surface area (Å²) in [4.78, 5) is 23.1. The number of thiocarbonyl (C=S) groups is 1. The molecule has 1 aliphatic rings. The SMILES string of the molecule is COc1cccc(/C=C2/SC(=S)NC2=O)c1O[C@@H](C)C(=O)O. The number of rotatable bonds is 5. The first-order valence-electron chi connectivity index (χ1n) is 6.23. The molecule has 1 amide bonds. The minimum atomic E-state index is -1.10. The third-order valence-corrected chi connectivity index (χ3v) is 3.96. The Balaban J connectivity index is 2.43. The summed E-state index contributed by atoms with van der Waals surface area (Å²) in [5.41, 5.74) is 0.537. The van der Waals surface area contributed by atoms with Crippen LogP contribution in [0.15, 0.2) is 23.1 Å².